The predicted molar refractivity (Wildman–Crippen MR) is 92.5 cm³/mol. The number of phenols is 1. The molecule has 3 heteroatoms. The van der Waals surface area contributed by atoms with Gasteiger partial charge < -0.3 is 14.6 Å². The molecule has 0 aliphatic heterocycles. The monoisotopic (exact) mass is 298 g/mol. The number of benzene rings is 2. The molecule has 0 fully saturated rings. The summed E-state index contributed by atoms with van der Waals surface area (Å²) in [5.41, 5.74) is 2.05. The minimum absolute atomic E-state index is 0.172. The lowest BCUT2D eigenvalue weighted by Crippen LogP contribution is -1.84. The van der Waals surface area contributed by atoms with E-state index in [0.29, 0.717) is 5.75 Å². The fourth-order valence-corrected chi connectivity index (χ4v) is 1.83. The summed E-state index contributed by atoms with van der Waals surface area (Å²) in [4.78, 5) is 0. The first-order chi connectivity index (χ1) is 10.7. The summed E-state index contributed by atoms with van der Waals surface area (Å²) >= 11 is 0. The van der Waals surface area contributed by atoms with Crippen molar-refractivity contribution >= 4 is 12.2 Å². The Labute approximate surface area is 132 Å². The van der Waals surface area contributed by atoms with Crippen LogP contribution in [-0.2, 0) is 0 Å². The Hall–Kier alpha value is -2.68. The second-order valence-electron chi connectivity index (χ2n) is 4.38. The molecule has 2 aromatic rings. The lowest BCUT2D eigenvalue weighted by atomic mass is 10.2. The molecule has 0 aliphatic carbocycles. The van der Waals surface area contributed by atoms with Crippen molar-refractivity contribution in [3.8, 4) is 17.2 Å². The Morgan fingerprint density at radius 3 is 2.23 bits per heavy atom. The summed E-state index contributed by atoms with van der Waals surface area (Å²) in [7, 11) is 3.19. The van der Waals surface area contributed by atoms with Crippen molar-refractivity contribution in [2.45, 2.75) is 6.92 Å². The van der Waals surface area contributed by atoms with E-state index in [9.17, 15) is 5.11 Å². The molecule has 1 N–H and O–H groups in total. The summed E-state index contributed by atoms with van der Waals surface area (Å²) in [6, 6.07) is 13.0. The van der Waals surface area contributed by atoms with E-state index in [-0.39, 0.29) is 5.75 Å². The molecular formula is C19H22O3. The largest absolute Gasteiger partial charge is 0.504 e. The van der Waals surface area contributed by atoms with Gasteiger partial charge in [-0.05, 0) is 30.7 Å². The highest BCUT2D eigenvalue weighted by Crippen LogP contribution is 2.26. The molecule has 0 aliphatic rings. The molecule has 0 saturated heterocycles. The van der Waals surface area contributed by atoms with E-state index in [1.807, 2.05) is 49.4 Å². The van der Waals surface area contributed by atoms with Crippen molar-refractivity contribution < 1.29 is 14.6 Å². The normalized spacial score (nSPS) is 9.77. The number of aromatic hydroxyl groups is 1. The van der Waals surface area contributed by atoms with Gasteiger partial charge in [0.2, 0.25) is 0 Å². The Balaban J connectivity index is 0.000000224. The van der Waals surface area contributed by atoms with Crippen molar-refractivity contribution in [3.63, 3.8) is 0 Å². The van der Waals surface area contributed by atoms with Crippen LogP contribution in [0.2, 0.25) is 0 Å². The molecule has 22 heavy (non-hydrogen) atoms. The molecule has 0 atom stereocenters. The highest BCUT2D eigenvalue weighted by molar-refractivity contribution is 5.55. The maximum absolute atomic E-state index is 9.25. The van der Waals surface area contributed by atoms with E-state index < -0.39 is 0 Å². The summed E-state index contributed by atoms with van der Waals surface area (Å²) in [5, 5.41) is 9.25. The highest BCUT2D eigenvalue weighted by atomic mass is 16.5. The molecule has 0 saturated carbocycles. The number of hydrogen-bond donors (Lipinski definition) is 1. The molecule has 0 radical (unpaired) electrons. The Kier molecular flexibility index (Phi) is 7.34. The number of rotatable bonds is 4. The number of methoxy groups -OCH3 is 2. The van der Waals surface area contributed by atoms with Crippen LogP contribution >= 0.6 is 0 Å². The third-order valence-electron chi connectivity index (χ3n) is 2.92. The molecule has 2 rings (SSSR count). The first-order valence-electron chi connectivity index (χ1n) is 6.91. The van der Waals surface area contributed by atoms with E-state index in [1.54, 1.807) is 25.3 Å². The van der Waals surface area contributed by atoms with Crippen molar-refractivity contribution in [1.29, 1.82) is 0 Å². The van der Waals surface area contributed by atoms with E-state index in [2.05, 4.69) is 6.58 Å². The van der Waals surface area contributed by atoms with Gasteiger partial charge in [0.1, 0.15) is 5.75 Å². The Morgan fingerprint density at radius 1 is 1.00 bits per heavy atom. The quantitative estimate of drug-likeness (QED) is 0.883. The number of ether oxygens (including phenoxy) is 2. The van der Waals surface area contributed by atoms with Crippen molar-refractivity contribution in [2.24, 2.45) is 0 Å². The first-order valence-corrected chi connectivity index (χ1v) is 6.91. The topological polar surface area (TPSA) is 38.7 Å². The molecule has 0 spiro atoms. The van der Waals surface area contributed by atoms with Gasteiger partial charge in [-0.2, -0.15) is 0 Å². The van der Waals surface area contributed by atoms with Gasteiger partial charge in [-0.15, -0.1) is 0 Å². The summed E-state index contributed by atoms with van der Waals surface area (Å²) in [6.07, 6.45) is 5.66. The van der Waals surface area contributed by atoms with E-state index in [0.717, 1.165) is 16.9 Å². The maximum atomic E-state index is 9.25. The first kappa shape index (κ1) is 17.4. The molecule has 116 valence electrons. The lowest BCUT2D eigenvalue weighted by molar-refractivity contribution is 0.373. The zero-order valence-electron chi connectivity index (χ0n) is 13.2. The molecular weight excluding hydrogens is 276 g/mol. The standard InChI is InChI=1S/C10H12O2.C9H10O/c1-3-4-8-5-6-9(11)10(7-8)12-2;1-3-8-6-4-5-7-9(8)10-2/h3-7,11H,1-2H3;3-7H,1H2,2H3. The zero-order chi connectivity index (χ0) is 16.4. The SMILES string of the molecule is C=Cc1ccccc1OC.CC=Cc1ccc(O)c(OC)c1. The molecule has 2 aromatic carbocycles. The molecule has 0 unspecified atom stereocenters. The summed E-state index contributed by atoms with van der Waals surface area (Å²) in [5.74, 6) is 1.55. The smallest absolute Gasteiger partial charge is 0.161 e. The molecule has 0 heterocycles. The fourth-order valence-electron chi connectivity index (χ4n) is 1.83. The Bertz CT molecular complexity index is 630. The lowest BCUT2D eigenvalue weighted by Gasteiger charge is -2.03. The minimum Gasteiger partial charge on any atom is -0.504 e. The van der Waals surface area contributed by atoms with Crippen LogP contribution in [0.1, 0.15) is 18.1 Å². The zero-order valence-corrected chi connectivity index (χ0v) is 13.2. The van der Waals surface area contributed by atoms with Crippen molar-refractivity contribution in [2.75, 3.05) is 14.2 Å². The number of para-hydroxylation sites is 1. The highest BCUT2D eigenvalue weighted by Gasteiger charge is 1.99. The maximum Gasteiger partial charge on any atom is 0.161 e. The molecule has 3 nitrogen and oxygen atoms in total. The number of allylic oxidation sites excluding steroid dienone is 1. The van der Waals surface area contributed by atoms with Gasteiger partial charge in [0.05, 0.1) is 14.2 Å². The van der Waals surface area contributed by atoms with Crippen LogP contribution < -0.4 is 9.47 Å². The van der Waals surface area contributed by atoms with Crippen LogP contribution in [-0.4, -0.2) is 19.3 Å². The average molecular weight is 298 g/mol. The fraction of sp³-hybridized carbons (Fsp3) is 0.158. The van der Waals surface area contributed by atoms with Gasteiger partial charge in [-0.1, -0.05) is 49.1 Å². The summed E-state index contributed by atoms with van der Waals surface area (Å²) < 4.78 is 10.0. The molecule has 0 bridgehead atoms. The van der Waals surface area contributed by atoms with Crippen LogP contribution in [0.15, 0.2) is 55.1 Å². The van der Waals surface area contributed by atoms with Gasteiger partial charge in [-0.25, -0.2) is 0 Å². The molecule has 0 amide bonds. The van der Waals surface area contributed by atoms with Gasteiger partial charge in [0.25, 0.3) is 0 Å². The van der Waals surface area contributed by atoms with Crippen LogP contribution in [0, 0.1) is 0 Å². The van der Waals surface area contributed by atoms with Gasteiger partial charge in [-0.3, -0.25) is 0 Å². The van der Waals surface area contributed by atoms with Gasteiger partial charge >= 0.3 is 0 Å². The predicted octanol–water partition coefficient (Wildman–Crippen LogP) is 4.77. The number of phenolic OH excluding ortho intramolecular Hbond substituents is 1. The van der Waals surface area contributed by atoms with Crippen LogP contribution in [0.25, 0.3) is 12.2 Å². The Morgan fingerprint density at radius 2 is 1.68 bits per heavy atom. The average Bonchev–Trinajstić information content (AvgIpc) is 2.57. The van der Waals surface area contributed by atoms with Crippen molar-refractivity contribution in [3.05, 3.63) is 66.2 Å². The van der Waals surface area contributed by atoms with E-state index in [4.69, 9.17) is 9.47 Å². The van der Waals surface area contributed by atoms with Crippen molar-refractivity contribution in [1.82, 2.24) is 0 Å². The van der Waals surface area contributed by atoms with Crippen LogP contribution in [0.4, 0.5) is 0 Å². The second-order valence-corrected chi connectivity index (χ2v) is 4.38. The number of hydrogen-bond acceptors (Lipinski definition) is 3. The van der Waals surface area contributed by atoms with Gasteiger partial charge in [0.15, 0.2) is 11.5 Å². The van der Waals surface area contributed by atoms with Crippen LogP contribution in [0.3, 0.4) is 0 Å². The third-order valence-corrected chi connectivity index (χ3v) is 2.92. The van der Waals surface area contributed by atoms with Gasteiger partial charge in [0, 0.05) is 5.56 Å². The summed E-state index contributed by atoms with van der Waals surface area (Å²) in [6.45, 7) is 5.60. The van der Waals surface area contributed by atoms with E-state index >= 15 is 0 Å². The molecule has 0 aromatic heterocycles. The van der Waals surface area contributed by atoms with Crippen LogP contribution in [0.5, 0.6) is 17.2 Å². The second kappa shape index (κ2) is 9.29. The minimum atomic E-state index is 0.172. The van der Waals surface area contributed by atoms with E-state index in [1.165, 1.54) is 7.11 Å². The third kappa shape index (κ3) is 5.02.